The van der Waals surface area contributed by atoms with E-state index in [0.717, 1.165) is 5.56 Å². The van der Waals surface area contributed by atoms with Gasteiger partial charge in [-0.2, -0.15) is 4.39 Å². The third-order valence-electron chi connectivity index (χ3n) is 9.15. The fraction of sp³-hybridized carbons (Fsp3) is 0.441. The largest absolute Gasteiger partial charge is 0.494 e. The maximum Gasteiger partial charge on any atom is 0.254 e. The lowest BCUT2D eigenvalue weighted by Crippen LogP contribution is -2.59. The highest BCUT2D eigenvalue weighted by atomic mass is 19.2. The van der Waals surface area contributed by atoms with Gasteiger partial charge in [-0.15, -0.1) is 0 Å². The number of nitrogens with one attached hydrogen (secondary N) is 1. The van der Waals surface area contributed by atoms with Gasteiger partial charge in [0, 0.05) is 61.9 Å². The Balaban J connectivity index is 1.07. The van der Waals surface area contributed by atoms with Gasteiger partial charge in [0.05, 0.1) is 32.2 Å². The van der Waals surface area contributed by atoms with E-state index < -0.39 is 48.9 Å². The fourth-order valence-corrected chi connectivity index (χ4v) is 6.25. The Morgan fingerprint density at radius 1 is 1.04 bits per heavy atom. The summed E-state index contributed by atoms with van der Waals surface area (Å²) < 4.78 is 46.8. The van der Waals surface area contributed by atoms with Gasteiger partial charge in [0.1, 0.15) is 24.4 Å². The summed E-state index contributed by atoms with van der Waals surface area (Å²) in [4.78, 5) is 26.3. The number of aliphatic hydroxyl groups is 4. The van der Waals surface area contributed by atoms with Gasteiger partial charge in [-0.25, -0.2) is 14.4 Å². The molecule has 0 radical (unpaired) electrons. The quantitative estimate of drug-likeness (QED) is 0.153. The molecule has 4 aromatic rings. The van der Waals surface area contributed by atoms with Crippen LogP contribution < -0.4 is 10.1 Å². The summed E-state index contributed by atoms with van der Waals surface area (Å²) in [5.74, 6) is -2.03. The minimum Gasteiger partial charge on any atom is -0.494 e. The van der Waals surface area contributed by atoms with Crippen LogP contribution in [0.15, 0.2) is 48.9 Å². The summed E-state index contributed by atoms with van der Waals surface area (Å²) in [7, 11) is 1.27. The van der Waals surface area contributed by atoms with Crippen molar-refractivity contribution in [3.8, 4) is 17.0 Å². The zero-order valence-electron chi connectivity index (χ0n) is 27.6. The molecule has 268 valence electrons. The summed E-state index contributed by atoms with van der Waals surface area (Å²) in [5.41, 5.74) is 2.85. The molecule has 1 amide bonds. The van der Waals surface area contributed by atoms with Crippen molar-refractivity contribution >= 4 is 23.1 Å². The molecule has 14 nitrogen and oxygen atoms in total. The molecule has 2 aliphatic heterocycles. The molecule has 6 rings (SSSR count). The Kier molecular flexibility index (Phi) is 10.9. The van der Waals surface area contributed by atoms with Crippen LogP contribution in [0.5, 0.6) is 5.75 Å². The predicted molar refractivity (Wildman–Crippen MR) is 176 cm³/mol. The number of ether oxygens (including phenoxy) is 3. The predicted octanol–water partition coefficient (Wildman–Crippen LogP) is 1.56. The number of rotatable bonds is 11. The number of anilines is 2. The monoisotopic (exact) mass is 698 g/mol. The van der Waals surface area contributed by atoms with Crippen LogP contribution in [0.3, 0.4) is 0 Å². The lowest BCUT2D eigenvalue weighted by atomic mass is 9.99. The highest BCUT2D eigenvalue weighted by Crippen LogP contribution is 2.32. The highest BCUT2D eigenvalue weighted by Gasteiger charge is 2.44. The Bertz CT molecular complexity index is 1820. The number of piperazine rings is 1. The van der Waals surface area contributed by atoms with Crippen LogP contribution in [0, 0.1) is 11.6 Å². The Morgan fingerprint density at radius 3 is 2.54 bits per heavy atom. The third kappa shape index (κ3) is 7.00. The van der Waals surface area contributed by atoms with Gasteiger partial charge < -0.3 is 44.9 Å². The molecule has 2 saturated heterocycles. The summed E-state index contributed by atoms with van der Waals surface area (Å²) >= 11 is 0. The molecular formula is C34H40F2N6O8. The maximum absolute atomic E-state index is 14.9. The van der Waals surface area contributed by atoms with Crippen molar-refractivity contribution in [2.45, 2.75) is 44.1 Å². The minimum absolute atomic E-state index is 0.0198. The van der Waals surface area contributed by atoms with E-state index in [1.165, 1.54) is 31.6 Å². The van der Waals surface area contributed by atoms with Gasteiger partial charge in [0.15, 0.2) is 29.3 Å². The van der Waals surface area contributed by atoms with Gasteiger partial charge in [-0.3, -0.25) is 14.1 Å². The number of hydrogen-bond donors (Lipinski definition) is 5. The molecule has 0 bridgehead atoms. The zero-order chi connectivity index (χ0) is 35.5. The van der Waals surface area contributed by atoms with Crippen molar-refractivity contribution in [1.29, 1.82) is 0 Å². The highest BCUT2D eigenvalue weighted by molar-refractivity contribution is 5.96. The van der Waals surface area contributed by atoms with E-state index in [2.05, 4.69) is 20.2 Å². The smallest absolute Gasteiger partial charge is 0.254 e. The molecule has 5 N–H and O–H groups in total. The molecule has 50 heavy (non-hydrogen) atoms. The Morgan fingerprint density at radius 2 is 1.82 bits per heavy atom. The van der Waals surface area contributed by atoms with E-state index >= 15 is 0 Å². The van der Waals surface area contributed by atoms with E-state index in [1.807, 2.05) is 13.0 Å². The van der Waals surface area contributed by atoms with Crippen LogP contribution in [0.4, 0.5) is 20.3 Å². The van der Waals surface area contributed by atoms with Gasteiger partial charge in [-0.1, -0.05) is 6.92 Å². The number of amides is 1. The van der Waals surface area contributed by atoms with Crippen LogP contribution in [-0.2, 0) is 15.9 Å². The number of benzene rings is 2. The van der Waals surface area contributed by atoms with Crippen LogP contribution >= 0.6 is 0 Å². The first-order chi connectivity index (χ1) is 24.1. The van der Waals surface area contributed by atoms with E-state index in [-0.39, 0.29) is 23.8 Å². The molecule has 16 heteroatoms. The van der Waals surface area contributed by atoms with Gasteiger partial charge in [0.25, 0.3) is 5.91 Å². The lowest BCUT2D eigenvalue weighted by molar-refractivity contribution is -0.301. The van der Waals surface area contributed by atoms with E-state index in [1.54, 1.807) is 27.6 Å². The van der Waals surface area contributed by atoms with Gasteiger partial charge in [-0.05, 0) is 42.3 Å². The van der Waals surface area contributed by atoms with Gasteiger partial charge >= 0.3 is 0 Å². The number of aromatic nitrogens is 3. The number of fused-ring (bicyclic) bond motifs is 1. The van der Waals surface area contributed by atoms with Crippen LogP contribution in [0.2, 0.25) is 0 Å². The number of methoxy groups -OCH3 is 1. The number of imidazole rings is 1. The average molecular weight is 699 g/mol. The summed E-state index contributed by atoms with van der Waals surface area (Å²) in [5, 5.41) is 42.7. The molecule has 0 saturated carbocycles. The third-order valence-corrected chi connectivity index (χ3v) is 9.15. The number of aliphatic hydroxyl groups excluding tert-OH is 4. The minimum atomic E-state index is -1.50. The Hall–Kier alpha value is -4.29. The number of hydrogen-bond acceptors (Lipinski definition) is 12. The molecule has 2 aromatic heterocycles. The van der Waals surface area contributed by atoms with Crippen LogP contribution in [-0.4, -0.2) is 134 Å². The number of carbonyl (C=O) groups is 1. The molecule has 0 spiro atoms. The molecule has 4 heterocycles. The first-order valence-corrected chi connectivity index (χ1v) is 16.3. The van der Waals surface area contributed by atoms with E-state index in [0.29, 0.717) is 67.6 Å². The number of halogens is 2. The first-order valence-electron chi connectivity index (χ1n) is 16.3. The number of aryl methyl sites for hydroxylation is 1. The molecule has 2 aromatic carbocycles. The first kappa shape index (κ1) is 35.5. The zero-order valence-corrected chi connectivity index (χ0v) is 27.6. The fourth-order valence-electron chi connectivity index (χ4n) is 6.25. The molecule has 2 aliphatic rings. The molecule has 5 atom stereocenters. The normalized spacial score (nSPS) is 23.0. The molecule has 1 unspecified atom stereocenters. The van der Waals surface area contributed by atoms with E-state index in [9.17, 15) is 34.0 Å². The van der Waals surface area contributed by atoms with Crippen molar-refractivity contribution < 1.29 is 48.2 Å². The molecule has 0 aliphatic carbocycles. The van der Waals surface area contributed by atoms with Gasteiger partial charge in [0.2, 0.25) is 5.82 Å². The SMILES string of the molecule is CCc1cc(Nc2nccn3c(-c4ccc(OC)c(F)c4F)cnc23)ccc1C(=O)N1CCN(CCO[C@@H]2OC(CO)[C@H](O)[C@H](O)[C@H]2O)CC1. The number of carbonyl (C=O) groups excluding carboxylic acids is 1. The summed E-state index contributed by atoms with van der Waals surface area (Å²) in [6.45, 7) is 4.28. The van der Waals surface area contributed by atoms with Crippen LogP contribution in [0.25, 0.3) is 16.9 Å². The van der Waals surface area contributed by atoms with Crippen molar-refractivity contribution in [2.75, 3.05) is 58.4 Å². The van der Waals surface area contributed by atoms with Crippen molar-refractivity contribution in [3.05, 3.63) is 71.7 Å². The number of nitrogens with zero attached hydrogens (tertiary/aromatic N) is 5. The van der Waals surface area contributed by atoms with Crippen LogP contribution in [0.1, 0.15) is 22.8 Å². The van der Waals surface area contributed by atoms with Crippen molar-refractivity contribution in [2.24, 2.45) is 0 Å². The maximum atomic E-state index is 14.9. The van der Waals surface area contributed by atoms with E-state index in [4.69, 9.17) is 14.2 Å². The second-order valence-electron chi connectivity index (χ2n) is 12.1. The lowest BCUT2D eigenvalue weighted by Gasteiger charge is -2.40. The second-order valence-corrected chi connectivity index (χ2v) is 12.1. The Labute approximate surface area is 286 Å². The molecular weight excluding hydrogens is 658 g/mol. The average Bonchev–Trinajstić information content (AvgIpc) is 3.57. The van der Waals surface area contributed by atoms with Crippen molar-refractivity contribution in [1.82, 2.24) is 24.2 Å². The van der Waals surface area contributed by atoms with Crippen molar-refractivity contribution in [3.63, 3.8) is 0 Å². The summed E-state index contributed by atoms with van der Waals surface area (Å²) in [6, 6.07) is 8.23. The standard InChI is InChI=1S/C34H40F2N6O8/c1-3-19-16-20(39-31-32-38-17-23(42(32)9-8-37-31)22-6-7-24(48-2)27(36)26(22)35)4-5-21(19)33(47)41-12-10-40(11-13-41)14-15-49-34-30(46)29(45)28(44)25(18-43)50-34/h4-9,16-17,25,28-30,34,43-46H,3,10-15,18H2,1-2H3,(H,37,39)/t25?,28-,29-,30+,34+/m0/s1. The second kappa shape index (κ2) is 15.3. The topological polar surface area (TPSA) is 174 Å². The molecule has 2 fully saturated rings. The summed E-state index contributed by atoms with van der Waals surface area (Å²) in [6.07, 6.45) is -1.45.